The highest BCUT2D eigenvalue weighted by atomic mass is 16.1. The van der Waals surface area contributed by atoms with Crippen LogP contribution in [0.2, 0.25) is 0 Å². The van der Waals surface area contributed by atoms with E-state index < -0.39 is 0 Å². The molecule has 1 saturated heterocycles. The Labute approximate surface area is 108 Å². The van der Waals surface area contributed by atoms with Gasteiger partial charge in [0, 0.05) is 32.0 Å². The van der Waals surface area contributed by atoms with Crippen molar-refractivity contribution in [3.8, 4) is 0 Å². The molecule has 0 aromatic carbocycles. The summed E-state index contributed by atoms with van der Waals surface area (Å²) < 4.78 is 2.03. The summed E-state index contributed by atoms with van der Waals surface area (Å²) in [6.07, 6.45) is 8.62. The van der Waals surface area contributed by atoms with Crippen molar-refractivity contribution in [3.63, 3.8) is 0 Å². The Morgan fingerprint density at radius 1 is 1.56 bits per heavy atom. The van der Waals surface area contributed by atoms with Crippen LogP contribution in [0.25, 0.3) is 0 Å². The largest absolute Gasteiger partial charge is 0.356 e. The van der Waals surface area contributed by atoms with E-state index in [-0.39, 0.29) is 11.8 Å². The standard InChI is InChI=1S/C13H22N4O/c1-16-7-2-4-12(10-16)13(18)15-5-3-8-17-9-6-14-11-17/h6,9,11-12H,2-5,7-8,10H2,1H3,(H,15,18). The molecule has 0 saturated carbocycles. The molecule has 2 heterocycles. The lowest BCUT2D eigenvalue weighted by Gasteiger charge is -2.28. The van der Waals surface area contributed by atoms with E-state index in [4.69, 9.17) is 0 Å². The molecule has 2 rings (SSSR count). The number of aryl methyl sites for hydroxylation is 1. The van der Waals surface area contributed by atoms with Gasteiger partial charge < -0.3 is 14.8 Å². The van der Waals surface area contributed by atoms with Gasteiger partial charge in [-0.05, 0) is 32.9 Å². The minimum Gasteiger partial charge on any atom is -0.356 e. The lowest BCUT2D eigenvalue weighted by atomic mass is 9.97. The third-order valence-electron chi connectivity index (χ3n) is 3.45. The summed E-state index contributed by atoms with van der Waals surface area (Å²) in [5, 5.41) is 3.04. The molecule has 0 radical (unpaired) electrons. The molecule has 1 N–H and O–H groups in total. The van der Waals surface area contributed by atoms with Crippen LogP contribution >= 0.6 is 0 Å². The van der Waals surface area contributed by atoms with Crippen LogP contribution in [0.5, 0.6) is 0 Å². The van der Waals surface area contributed by atoms with Crippen LogP contribution in [0, 0.1) is 5.92 Å². The van der Waals surface area contributed by atoms with Gasteiger partial charge in [-0.25, -0.2) is 4.98 Å². The fourth-order valence-electron chi connectivity index (χ4n) is 2.42. The minimum atomic E-state index is 0.178. The highest BCUT2D eigenvalue weighted by Gasteiger charge is 2.23. The predicted molar refractivity (Wildman–Crippen MR) is 70.1 cm³/mol. The van der Waals surface area contributed by atoms with Crippen molar-refractivity contribution in [1.82, 2.24) is 19.8 Å². The summed E-state index contributed by atoms with van der Waals surface area (Å²) in [7, 11) is 2.08. The Balaban J connectivity index is 1.62. The average molecular weight is 250 g/mol. The normalized spacial score (nSPS) is 20.8. The number of amides is 1. The first kappa shape index (κ1) is 13.1. The van der Waals surface area contributed by atoms with Crippen molar-refractivity contribution >= 4 is 5.91 Å². The number of hydrogen-bond donors (Lipinski definition) is 1. The van der Waals surface area contributed by atoms with Gasteiger partial charge in [0.2, 0.25) is 5.91 Å². The van der Waals surface area contributed by atoms with Crippen LogP contribution in [0.1, 0.15) is 19.3 Å². The molecular formula is C13H22N4O. The molecule has 5 heteroatoms. The van der Waals surface area contributed by atoms with E-state index in [2.05, 4.69) is 22.2 Å². The molecule has 1 unspecified atom stereocenters. The zero-order valence-corrected chi connectivity index (χ0v) is 11.0. The van der Waals surface area contributed by atoms with Crippen LogP contribution in [0.4, 0.5) is 0 Å². The predicted octanol–water partition coefficient (Wildman–Crippen LogP) is 0.731. The van der Waals surface area contributed by atoms with Gasteiger partial charge in [0.15, 0.2) is 0 Å². The molecule has 1 amide bonds. The molecule has 1 aromatic heterocycles. The van der Waals surface area contributed by atoms with E-state index in [1.165, 1.54) is 0 Å². The minimum absolute atomic E-state index is 0.178. The zero-order valence-electron chi connectivity index (χ0n) is 11.0. The van der Waals surface area contributed by atoms with E-state index in [1.807, 2.05) is 10.8 Å². The zero-order chi connectivity index (χ0) is 12.8. The van der Waals surface area contributed by atoms with E-state index in [0.717, 1.165) is 45.4 Å². The van der Waals surface area contributed by atoms with Crippen molar-refractivity contribution in [2.45, 2.75) is 25.8 Å². The summed E-state index contributed by atoms with van der Waals surface area (Å²) in [6.45, 7) is 3.67. The van der Waals surface area contributed by atoms with Gasteiger partial charge in [0.25, 0.3) is 0 Å². The van der Waals surface area contributed by atoms with Crippen molar-refractivity contribution in [2.24, 2.45) is 5.92 Å². The van der Waals surface area contributed by atoms with Gasteiger partial charge in [-0.2, -0.15) is 0 Å². The topological polar surface area (TPSA) is 50.2 Å². The lowest BCUT2D eigenvalue weighted by molar-refractivity contribution is -0.126. The van der Waals surface area contributed by atoms with Gasteiger partial charge in [-0.1, -0.05) is 0 Å². The van der Waals surface area contributed by atoms with Gasteiger partial charge in [-0.3, -0.25) is 4.79 Å². The summed E-state index contributed by atoms with van der Waals surface area (Å²) in [5.74, 6) is 0.393. The number of aromatic nitrogens is 2. The smallest absolute Gasteiger partial charge is 0.224 e. The molecule has 1 atom stereocenters. The number of imidazole rings is 1. The number of nitrogens with zero attached hydrogens (tertiary/aromatic N) is 3. The Morgan fingerprint density at radius 2 is 2.44 bits per heavy atom. The molecule has 1 aliphatic heterocycles. The number of nitrogens with one attached hydrogen (secondary N) is 1. The van der Waals surface area contributed by atoms with Crippen molar-refractivity contribution in [1.29, 1.82) is 0 Å². The number of hydrogen-bond acceptors (Lipinski definition) is 3. The quantitative estimate of drug-likeness (QED) is 0.784. The number of carbonyl (C=O) groups excluding carboxylic acids is 1. The number of rotatable bonds is 5. The third-order valence-corrected chi connectivity index (χ3v) is 3.45. The second kappa shape index (κ2) is 6.54. The maximum atomic E-state index is 11.9. The van der Waals surface area contributed by atoms with Crippen LogP contribution in [-0.4, -0.2) is 47.0 Å². The van der Waals surface area contributed by atoms with Crippen LogP contribution in [-0.2, 0) is 11.3 Å². The fourth-order valence-corrected chi connectivity index (χ4v) is 2.42. The maximum Gasteiger partial charge on any atom is 0.224 e. The van der Waals surface area contributed by atoms with Gasteiger partial charge in [0.05, 0.1) is 12.2 Å². The molecule has 0 bridgehead atoms. The van der Waals surface area contributed by atoms with E-state index in [1.54, 1.807) is 12.5 Å². The van der Waals surface area contributed by atoms with Crippen molar-refractivity contribution < 1.29 is 4.79 Å². The first-order chi connectivity index (χ1) is 8.75. The van der Waals surface area contributed by atoms with Crippen LogP contribution in [0.15, 0.2) is 18.7 Å². The second-order valence-corrected chi connectivity index (χ2v) is 5.05. The average Bonchev–Trinajstić information content (AvgIpc) is 2.87. The van der Waals surface area contributed by atoms with E-state index in [0.29, 0.717) is 0 Å². The summed E-state index contributed by atoms with van der Waals surface area (Å²) in [6, 6.07) is 0. The Hall–Kier alpha value is -1.36. The molecule has 1 aliphatic rings. The molecule has 0 aliphatic carbocycles. The monoisotopic (exact) mass is 250 g/mol. The highest BCUT2D eigenvalue weighted by Crippen LogP contribution is 2.14. The molecular weight excluding hydrogens is 228 g/mol. The lowest BCUT2D eigenvalue weighted by Crippen LogP contribution is -2.41. The molecule has 100 valence electrons. The highest BCUT2D eigenvalue weighted by molar-refractivity contribution is 5.78. The molecule has 18 heavy (non-hydrogen) atoms. The summed E-state index contributed by atoms with van der Waals surface area (Å²) >= 11 is 0. The van der Waals surface area contributed by atoms with Crippen LogP contribution < -0.4 is 5.32 Å². The number of carbonyl (C=O) groups is 1. The first-order valence-corrected chi connectivity index (χ1v) is 6.67. The van der Waals surface area contributed by atoms with Gasteiger partial charge in [-0.15, -0.1) is 0 Å². The number of piperidine rings is 1. The maximum absolute atomic E-state index is 11.9. The SMILES string of the molecule is CN1CCCC(C(=O)NCCCn2ccnc2)C1. The van der Waals surface area contributed by atoms with Crippen molar-refractivity contribution in [2.75, 3.05) is 26.7 Å². The Kier molecular flexibility index (Phi) is 4.75. The Morgan fingerprint density at radius 3 is 3.17 bits per heavy atom. The molecule has 1 fully saturated rings. The van der Waals surface area contributed by atoms with Gasteiger partial charge >= 0.3 is 0 Å². The second-order valence-electron chi connectivity index (χ2n) is 5.05. The van der Waals surface area contributed by atoms with E-state index >= 15 is 0 Å². The van der Waals surface area contributed by atoms with Crippen molar-refractivity contribution in [3.05, 3.63) is 18.7 Å². The summed E-state index contributed by atoms with van der Waals surface area (Å²) in [5.41, 5.74) is 0. The third kappa shape index (κ3) is 3.84. The Bertz CT molecular complexity index is 363. The number of likely N-dealkylation sites (tertiary alicyclic amines) is 1. The first-order valence-electron chi connectivity index (χ1n) is 6.67. The molecule has 5 nitrogen and oxygen atoms in total. The fraction of sp³-hybridized carbons (Fsp3) is 0.692. The summed E-state index contributed by atoms with van der Waals surface area (Å²) in [4.78, 5) is 18.2. The van der Waals surface area contributed by atoms with Crippen LogP contribution in [0.3, 0.4) is 0 Å². The van der Waals surface area contributed by atoms with Gasteiger partial charge in [0.1, 0.15) is 0 Å². The molecule has 0 spiro atoms. The molecule has 1 aromatic rings. The van der Waals surface area contributed by atoms with E-state index in [9.17, 15) is 4.79 Å².